The predicted octanol–water partition coefficient (Wildman–Crippen LogP) is 3.39. The lowest BCUT2D eigenvalue weighted by Gasteiger charge is -2.34. The third-order valence-electron chi connectivity index (χ3n) is 3.09. The average molecular weight is 138 g/mol. The molecule has 0 saturated carbocycles. The second kappa shape index (κ2) is 2.77. The number of hydrogen-bond donors (Lipinski definition) is 0. The quantitative estimate of drug-likeness (QED) is 0.513. The summed E-state index contributed by atoms with van der Waals surface area (Å²) in [5.41, 5.74) is 3.29. The minimum atomic E-state index is 0.906. The van der Waals surface area contributed by atoms with Gasteiger partial charge in [0.1, 0.15) is 0 Å². The van der Waals surface area contributed by atoms with Crippen molar-refractivity contribution < 1.29 is 0 Å². The normalized spacial score (nSPS) is 28.2. The van der Waals surface area contributed by atoms with E-state index in [1.165, 1.54) is 12.8 Å². The van der Waals surface area contributed by atoms with Gasteiger partial charge in [-0.05, 0) is 32.1 Å². The molecule has 0 amide bonds. The van der Waals surface area contributed by atoms with Crippen LogP contribution in [0.25, 0.3) is 0 Å². The summed E-state index contributed by atoms with van der Waals surface area (Å²) in [4.78, 5) is 0. The van der Waals surface area contributed by atoms with Crippen LogP contribution in [0.3, 0.4) is 0 Å². The van der Waals surface area contributed by atoms with Crippen LogP contribution < -0.4 is 0 Å². The van der Waals surface area contributed by atoms with Crippen LogP contribution in [0, 0.1) is 11.8 Å². The maximum absolute atomic E-state index is 2.36. The average Bonchev–Trinajstić information content (AvgIpc) is 1.98. The molecule has 2 unspecified atom stereocenters. The number of allylic oxidation sites excluding steroid dienone is 2. The highest BCUT2D eigenvalue weighted by Gasteiger charge is 2.26. The molecule has 1 aliphatic carbocycles. The Morgan fingerprint density at radius 1 is 1.50 bits per heavy atom. The maximum atomic E-state index is 2.36. The molecule has 0 bridgehead atoms. The molecule has 0 fully saturated rings. The fourth-order valence-corrected chi connectivity index (χ4v) is 1.74. The Morgan fingerprint density at radius 2 is 2.10 bits per heavy atom. The van der Waals surface area contributed by atoms with Crippen LogP contribution in [-0.4, -0.2) is 0 Å². The highest BCUT2D eigenvalue weighted by Crippen LogP contribution is 2.39. The Labute approximate surface area is 64.3 Å². The van der Waals surface area contributed by atoms with Crippen molar-refractivity contribution in [3.63, 3.8) is 0 Å². The predicted molar refractivity (Wildman–Crippen MR) is 45.9 cm³/mol. The van der Waals surface area contributed by atoms with Crippen LogP contribution in [0.1, 0.15) is 40.5 Å². The summed E-state index contributed by atoms with van der Waals surface area (Å²) in [6.45, 7) is 9.19. The van der Waals surface area contributed by atoms with Gasteiger partial charge in [0.25, 0.3) is 0 Å². The number of hydrogen-bond acceptors (Lipinski definition) is 0. The zero-order valence-electron chi connectivity index (χ0n) is 7.57. The molecule has 0 aromatic rings. The summed E-state index contributed by atoms with van der Waals surface area (Å²) < 4.78 is 0. The Kier molecular flexibility index (Phi) is 2.18. The first kappa shape index (κ1) is 7.84. The maximum Gasteiger partial charge on any atom is -0.0141 e. The summed E-state index contributed by atoms with van der Waals surface area (Å²) >= 11 is 0. The molecule has 0 heteroatoms. The van der Waals surface area contributed by atoms with Gasteiger partial charge in [0.15, 0.2) is 0 Å². The van der Waals surface area contributed by atoms with Gasteiger partial charge in [-0.15, -0.1) is 0 Å². The van der Waals surface area contributed by atoms with Crippen molar-refractivity contribution in [3.05, 3.63) is 11.1 Å². The molecule has 0 N–H and O–H groups in total. The SMILES string of the molecule is CCC(C)C1CC(C)=C1C. The van der Waals surface area contributed by atoms with Gasteiger partial charge < -0.3 is 0 Å². The van der Waals surface area contributed by atoms with Gasteiger partial charge >= 0.3 is 0 Å². The van der Waals surface area contributed by atoms with E-state index in [2.05, 4.69) is 27.7 Å². The molecule has 0 aromatic heterocycles. The smallest absolute Gasteiger partial charge is 0.0141 e. The van der Waals surface area contributed by atoms with Crippen molar-refractivity contribution in [1.29, 1.82) is 0 Å². The van der Waals surface area contributed by atoms with Crippen LogP contribution in [0.15, 0.2) is 11.1 Å². The minimum Gasteiger partial charge on any atom is -0.0735 e. The lowest BCUT2D eigenvalue weighted by atomic mass is 9.71. The van der Waals surface area contributed by atoms with Crippen LogP contribution in [0.2, 0.25) is 0 Å². The molecular formula is C10H18. The standard InChI is InChI=1S/C10H18/c1-5-7(2)10-6-8(3)9(10)4/h7,10H,5-6H2,1-4H3. The first-order chi connectivity index (χ1) is 4.66. The molecule has 0 radical (unpaired) electrons. The first-order valence-corrected chi connectivity index (χ1v) is 4.33. The van der Waals surface area contributed by atoms with Crippen LogP contribution >= 0.6 is 0 Å². The molecule has 0 heterocycles. The van der Waals surface area contributed by atoms with Crippen molar-refractivity contribution in [1.82, 2.24) is 0 Å². The third-order valence-corrected chi connectivity index (χ3v) is 3.09. The molecule has 0 saturated heterocycles. The van der Waals surface area contributed by atoms with E-state index >= 15 is 0 Å². The second-order valence-electron chi connectivity index (χ2n) is 3.66. The van der Waals surface area contributed by atoms with Gasteiger partial charge in [-0.25, -0.2) is 0 Å². The molecule has 0 nitrogen and oxygen atoms in total. The molecule has 0 spiro atoms. The molecule has 1 aliphatic rings. The second-order valence-corrected chi connectivity index (χ2v) is 3.66. The van der Waals surface area contributed by atoms with Crippen molar-refractivity contribution in [3.8, 4) is 0 Å². The van der Waals surface area contributed by atoms with Crippen LogP contribution in [0.5, 0.6) is 0 Å². The molecule has 10 heavy (non-hydrogen) atoms. The van der Waals surface area contributed by atoms with Crippen molar-refractivity contribution in [2.45, 2.75) is 40.5 Å². The van der Waals surface area contributed by atoms with Crippen LogP contribution in [-0.2, 0) is 0 Å². The van der Waals surface area contributed by atoms with E-state index in [0.29, 0.717) is 0 Å². The van der Waals surface area contributed by atoms with Crippen molar-refractivity contribution in [2.75, 3.05) is 0 Å². The van der Waals surface area contributed by atoms with E-state index < -0.39 is 0 Å². The van der Waals surface area contributed by atoms with Gasteiger partial charge in [-0.1, -0.05) is 31.4 Å². The summed E-state index contributed by atoms with van der Waals surface area (Å²) in [5.74, 6) is 1.83. The Bertz CT molecular complexity index is 153. The lowest BCUT2D eigenvalue weighted by molar-refractivity contribution is 0.356. The van der Waals surface area contributed by atoms with Crippen LogP contribution in [0.4, 0.5) is 0 Å². The summed E-state index contributed by atoms with van der Waals surface area (Å²) in [6, 6.07) is 0. The van der Waals surface area contributed by atoms with E-state index in [0.717, 1.165) is 11.8 Å². The highest BCUT2D eigenvalue weighted by molar-refractivity contribution is 5.25. The largest absolute Gasteiger partial charge is 0.0735 e. The monoisotopic (exact) mass is 138 g/mol. The fraction of sp³-hybridized carbons (Fsp3) is 0.800. The summed E-state index contributed by atoms with van der Waals surface area (Å²) in [6.07, 6.45) is 2.69. The number of rotatable bonds is 2. The Morgan fingerprint density at radius 3 is 2.40 bits per heavy atom. The zero-order valence-corrected chi connectivity index (χ0v) is 7.57. The Hall–Kier alpha value is -0.260. The fourth-order valence-electron chi connectivity index (χ4n) is 1.74. The molecular weight excluding hydrogens is 120 g/mol. The topological polar surface area (TPSA) is 0 Å². The van der Waals surface area contributed by atoms with Crippen molar-refractivity contribution >= 4 is 0 Å². The van der Waals surface area contributed by atoms with Gasteiger partial charge in [0.05, 0.1) is 0 Å². The lowest BCUT2D eigenvalue weighted by Crippen LogP contribution is -2.21. The van der Waals surface area contributed by atoms with Crippen molar-refractivity contribution in [2.24, 2.45) is 11.8 Å². The summed E-state index contributed by atoms with van der Waals surface area (Å²) in [5, 5.41) is 0. The highest BCUT2D eigenvalue weighted by atomic mass is 14.3. The molecule has 58 valence electrons. The van der Waals surface area contributed by atoms with E-state index in [-0.39, 0.29) is 0 Å². The van der Waals surface area contributed by atoms with Gasteiger partial charge in [0.2, 0.25) is 0 Å². The minimum absolute atomic E-state index is 0.906. The first-order valence-electron chi connectivity index (χ1n) is 4.33. The third kappa shape index (κ3) is 1.12. The molecule has 0 aliphatic heterocycles. The van der Waals surface area contributed by atoms with E-state index in [9.17, 15) is 0 Å². The van der Waals surface area contributed by atoms with Gasteiger partial charge in [-0.2, -0.15) is 0 Å². The van der Waals surface area contributed by atoms with E-state index in [1.807, 2.05) is 0 Å². The molecule has 1 rings (SSSR count). The zero-order chi connectivity index (χ0) is 7.72. The van der Waals surface area contributed by atoms with Gasteiger partial charge in [-0.3, -0.25) is 0 Å². The van der Waals surface area contributed by atoms with E-state index in [1.54, 1.807) is 11.1 Å². The summed E-state index contributed by atoms with van der Waals surface area (Å²) in [7, 11) is 0. The molecule has 2 atom stereocenters. The molecule has 0 aromatic carbocycles. The van der Waals surface area contributed by atoms with Gasteiger partial charge in [0, 0.05) is 0 Å². The Balaban J connectivity index is 2.50. The van der Waals surface area contributed by atoms with E-state index in [4.69, 9.17) is 0 Å².